The predicted octanol–water partition coefficient (Wildman–Crippen LogP) is 4.49. The molecule has 0 aliphatic rings. The van der Waals surface area contributed by atoms with Crippen LogP contribution in [-0.4, -0.2) is 17.9 Å². The summed E-state index contributed by atoms with van der Waals surface area (Å²) in [6.45, 7) is 0. The standard InChI is InChI=1S/C16H14BrClN2OS/c17-14-3-1-2-13(8-14)9-19-20-16(21)11-22-10-12-4-6-15(18)7-5-12/h1-9H,10-11H2,(H,20,21)/b19-9-. The number of rotatable bonds is 6. The number of hydrogen-bond donors (Lipinski definition) is 1. The lowest BCUT2D eigenvalue weighted by molar-refractivity contribution is -0.118. The molecule has 2 aromatic carbocycles. The highest BCUT2D eigenvalue weighted by Crippen LogP contribution is 2.15. The number of halogens is 2. The Kier molecular flexibility index (Phi) is 6.96. The lowest BCUT2D eigenvalue weighted by Gasteiger charge is -2.02. The Hall–Kier alpha value is -1.30. The average molecular weight is 398 g/mol. The Balaban J connectivity index is 1.70. The second-order valence-electron chi connectivity index (χ2n) is 4.47. The van der Waals surface area contributed by atoms with Gasteiger partial charge < -0.3 is 0 Å². The van der Waals surface area contributed by atoms with Crippen molar-refractivity contribution in [3.8, 4) is 0 Å². The zero-order valence-corrected chi connectivity index (χ0v) is 14.8. The Morgan fingerprint density at radius 2 is 2.05 bits per heavy atom. The van der Waals surface area contributed by atoms with Crippen molar-refractivity contribution in [2.24, 2.45) is 5.10 Å². The third-order valence-corrected chi connectivity index (χ3v) is 4.42. The highest BCUT2D eigenvalue weighted by atomic mass is 79.9. The van der Waals surface area contributed by atoms with Crippen molar-refractivity contribution in [1.29, 1.82) is 0 Å². The summed E-state index contributed by atoms with van der Waals surface area (Å²) in [6.07, 6.45) is 1.62. The van der Waals surface area contributed by atoms with Gasteiger partial charge in [0.1, 0.15) is 0 Å². The second kappa shape index (κ2) is 8.98. The normalized spacial score (nSPS) is 10.8. The quantitative estimate of drug-likeness (QED) is 0.576. The molecule has 114 valence electrons. The summed E-state index contributed by atoms with van der Waals surface area (Å²) in [4.78, 5) is 11.7. The molecule has 3 nitrogen and oxygen atoms in total. The Morgan fingerprint density at radius 1 is 1.27 bits per heavy atom. The van der Waals surface area contributed by atoms with E-state index >= 15 is 0 Å². The van der Waals surface area contributed by atoms with Crippen LogP contribution in [-0.2, 0) is 10.5 Å². The van der Waals surface area contributed by atoms with E-state index in [0.29, 0.717) is 10.8 Å². The van der Waals surface area contributed by atoms with Gasteiger partial charge in [0, 0.05) is 15.2 Å². The minimum Gasteiger partial charge on any atom is -0.272 e. The fraction of sp³-hybridized carbons (Fsp3) is 0.125. The molecule has 22 heavy (non-hydrogen) atoms. The Labute approximate surface area is 147 Å². The third-order valence-electron chi connectivity index (χ3n) is 2.67. The molecule has 0 atom stereocenters. The van der Waals surface area contributed by atoms with Gasteiger partial charge in [0.2, 0.25) is 5.91 Å². The maximum atomic E-state index is 11.7. The summed E-state index contributed by atoms with van der Waals surface area (Å²) in [5.41, 5.74) is 4.58. The molecule has 0 saturated heterocycles. The van der Waals surface area contributed by atoms with Crippen molar-refractivity contribution < 1.29 is 4.79 Å². The first kappa shape index (κ1) is 17.1. The summed E-state index contributed by atoms with van der Waals surface area (Å²) in [5, 5.41) is 4.66. The van der Waals surface area contributed by atoms with Gasteiger partial charge in [0.05, 0.1) is 12.0 Å². The predicted molar refractivity (Wildman–Crippen MR) is 97.5 cm³/mol. The van der Waals surface area contributed by atoms with E-state index < -0.39 is 0 Å². The molecule has 0 fully saturated rings. The fourth-order valence-electron chi connectivity index (χ4n) is 1.64. The first-order valence-electron chi connectivity index (χ1n) is 6.53. The summed E-state index contributed by atoms with van der Waals surface area (Å²) in [6, 6.07) is 15.3. The topological polar surface area (TPSA) is 41.5 Å². The number of hydrazone groups is 1. The number of carbonyl (C=O) groups excluding carboxylic acids is 1. The number of hydrogen-bond acceptors (Lipinski definition) is 3. The van der Waals surface area contributed by atoms with Crippen LogP contribution in [0.3, 0.4) is 0 Å². The number of amides is 1. The van der Waals surface area contributed by atoms with Crippen LogP contribution >= 0.6 is 39.3 Å². The summed E-state index contributed by atoms with van der Waals surface area (Å²) < 4.78 is 0.973. The molecule has 0 heterocycles. The van der Waals surface area contributed by atoms with Crippen molar-refractivity contribution in [2.45, 2.75) is 5.75 Å². The molecule has 6 heteroatoms. The smallest absolute Gasteiger partial charge is 0.250 e. The number of nitrogens with one attached hydrogen (secondary N) is 1. The van der Waals surface area contributed by atoms with Crippen LogP contribution in [0.25, 0.3) is 0 Å². The molecule has 0 aliphatic carbocycles. The van der Waals surface area contributed by atoms with E-state index in [9.17, 15) is 4.79 Å². The van der Waals surface area contributed by atoms with Gasteiger partial charge in [-0.1, -0.05) is 51.8 Å². The zero-order chi connectivity index (χ0) is 15.8. The van der Waals surface area contributed by atoms with Crippen LogP contribution in [0.4, 0.5) is 0 Å². The first-order valence-corrected chi connectivity index (χ1v) is 8.86. The summed E-state index contributed by atoms with van der Waals surface area (Å²) >= 11 is 10.7. The molecule has 2 aromatic rings. The van der Waals surface area contributed by atoms with Crippen molar-refractivity contribution in [1.82, 2.24) is 5.43 Å². The monoisotopic (exact) mass is 396 g/mol. The molecule has 0 unspecified atom stereocenters. The molecule has 0 radical (unpaired) electrons. The lowest BCUT2D eigenvalue weighted by Crippen LogP contribution is -2.19. The minimum atomic E-state index is -0.120. The molecular weight excluding hydrogens is 384 g/mol. The van der Waals surface area contributed by atoms with Crippen molar-refractivity contribution in [3.05, 3.63) is 69.2 Å². The van der Waals surface area contributed by atoms with Gasteiger partial charge in [0.15, 0.2) is 0 Å². The molecule has 2 rings (SSSR count). The number of benzene rings is 2. The number of carbonyl (C=O) groups is 1. The van der Waals surface area contributed by atoms with Crippen molar-refractivity contribution in [2.75, 3.05) is 5.75 Å². The van der Waals surface area contributed by atoms with Gasteiger partial charge in [0.25, 0.3) is 0 Å². The molecule has 0 spiro atoms. The Morgan fingerprint density at radius 3 is 2.77 bits per heavy atom. The van der Waals surface area contributed by atoms with Crippen LogP contribution < -0.4 is 5.43 Å². The second-order valence-corrected chi connectivity index (χ2v) is 6.81. The maximum Gasteiger partial charge on any atom is 0.250 e. The highest BCUT2D eigenvalue weighted by Gasteiger charge is 2.00. The zero-order valence-electron chi connectivity index (χ0n) is 11.6. The van der Waals surface area contributed by atoms with Crippen LogP contribution in [0.1, 0.15) is 11.1 Å². The molecular formula is C16H14BrClN2OS. The van der Waals surface area contributed by atoms with Gasteiger partial charge in [-0.05, 0) is 35.4 Å². The molecule has 0 aromatic heterocycles. The van der Waals surface area contributed by atoms with Crippen LogP contribution in [0.15, 0.2) is 58.1 Å². The van der Waals surface area contributed by atoms with Gasteiger partial charge >= 0.3 is 0 Å². The number of nitrogens with zero attached hydrogens (tertiary/aromatic N) is 1. The van der Waals surface area contributed by atoms with Gasteiger partial charge in [-0.25, -0.2) is 5.43 Å². The summed E-state index contributed by atoms with van der Waals surface area (Å²) in [7, 11) is 0. The maximum absolute atomic E-state index is 11.7. The SMILES string of the molecule is O=C(CSCc1ccc(Cl)cc1)N/N=C\c1cccc(Br)c1. The molecule has 0 aliphatic heterocycles. The van der Waals surface area contributed by atoms with Gasteiger partial charge in [-0.3, -0.25) is 4.79 Å². The van der Waals surface area contributed by atoms with E-state index in [1.54, 1.807) is 6.21 Å². The van der Waals surface area contributed by atoms with Crippen LogP contribution in [0.2, 0.25) is 5.02 Å². The average Bonchev–Trinajstić information content (AvgIpc) is 2.49. The Bertz CT molecular complexity index is 661. The van der Waals surface area contributed by atoms with E-state index in [0.717, 1.165) is 21.4 Å². The molecule has 1 N–H and O–H groups in total. The molecule has 1 amide bonds. The van der Waals surface area contributed by atoms with Crippen molar-refractivity contribution >= 4 is 51.4 Å². The fourth-order valence-corrected chi connectivity index (χ4v) is 2.96. The van der Waals surface area contributed by atoms with E-state index in [4.69, 9.17) is 11.6 Å². The largest absolute Gasteiger partial charge is 0.272 e. The lowest BCUT2D eigenvalue weighted by atomic mass is 10.2. The highest BCUT2D eigenvalue weighted by molar-refractivity contribution is 9.10. The van der Waals surface area contributed by atoms with Crippen LogP contribution in [0.5, 0.6) is 0 Å². The van der Waals surface area contributed by atoms with Crippen molar-refractivity contribution in [3.63, 3.8) is 0 Å². The van der Waals surface area contributed by atoms with Gasteiger partial charge in [-0.15, -0.1) is 11.8 Å². The van der Waals surface area contributed by atoms with E-state index in [1.807, 2.05) is 48.5 Å². The van der Waals surface area contributed by atoms with Crippen LogP contribution in [0, 0.1) is 0 Å². The van der Waals surface area contributed by atoms with Gasteiger partial charge in [-0.2, -0.15) is 5.10 Å². The minimum absolute atomic E-state index is 0.120. The van der Waals surface area contributed by atoms with E-state index in [1.165, 1.54) is 11.8 Å². The third kappa shape index (κ3) is 6.22. The van der Waals surface area contributed by atoms with E-state index in [2.05, 4.69) is 26.5 Å². The summed E-state index contributed by atoms with van der Waals surface area (Å²) in [5.74, 6) is 1.00. The molecule has 0 bridgehead atoms. The first-order chi connectivity index (χ1) is 10.6. The van der Waals surface area contributed by atoms with E-state index in [-0.39, 0.29) is 5.91 Å². The number of thioether (sulfide) groups is 1. The molecule has 0 saturated carbocycles.